The number of hydrogen-bond donors (Lipinski definition) is 2. The van der Waals surface area contributed by atoms with Crippen molar-refractivity contribution in [3.63, 3.8) is 0 Å². The highest BCUT2D eigenvalue weighted by Crippen LogP contribution is 2.22. The van der Waals surface area contributed by atoms with Crippen molar-refractivity contribution in [1.29, 1.82) is 0 Å². The lowest BCUT2D eigenvalue weighted by Crippen LogP contribution is -2.27. The minimum atomic E-state index is 0.0785. The fourth-order valence-electron chi connectivity index (χ4n) is 2.44. The molecule has 1 fully saturated rings. The van der Waals surface area contributed by atoms with E-state index in [1.807, 2.05) is 25.1 Å². The number of carbonyl (C=O) groups excluding carboxylic acids is 1. The van der Waals surface area contributed by atoms with Crippen molar-refractivity contribution in [3.8, 4) is 5.75 Å². The fourth-order valence-corrected chi connectivity index (χ4v) is 2.44. The smallest absolute Gasteiger partial charge is 0.225 e. The Bertz CT molecular complexity index is 454. The van der Waals surface area contributed by atoms with Crippen LogP contribution < -0.4 is 15.4 Å². The number of amides is 1. The third-order valence-electron chi connectivity index (χ3n) is 3.54. The number of hydrogen-bond acceptors (Lipinski definition) is 3. The maximum atomic E-state index is 12.0. The predicted octanol–water partition coefficient (Wildman–Crippen LogP) is 2.86. The molecule has 4 nitrogen and oxygen atoms in total. The van der Waals surface area contributed by atoms with Gasteiger partial charge in [-0.1, -0.05) is 6.92 Å². The topological polar surface area (TPSA) is 50.4 Å². The van der Waals surface area contributed by atoms with Gasteiger partial charge in [0.15, 0.2) is 0 Å². The molecule has 1 aromatic carbocycles. The highest BCUT2D eigenvalue weighted by atomic mass is 16.5. The zero-order valence-corrected chi connectivity index (χ0v) is 12.4. The van der Waals surface area contributed by atoms with Crippen LogP contribution in [0.3, 0.4) is 0 Å². The third-order valence-corrected chi connectivity index (χ3v) is 3.54. The summed E-state index contributed by atoms with van der Waals surface area (Å²) in [4.78, 5) is 12.0. The third kappa shape index (κ3) is 4.23. The number of ether oxygens (including phenoxy) is 1. The van der Waals surface area contributed by atoms with Gasteiger partial charge in [0.2, 0.25) is 5.91 Å². The molecule has 4 heteroatoms. The molecule has 1 aromatic rings. The Morgan fingerprint density at radius 3 is 3.00 bits per heavy atom. The van der Waals surface area contributed by atoms with E-state index in [-0.39, 0.29) is 5.91 Å². The predicted molar refractivity (Wildman–Crippen MR) is 81.2 cm³/mol. The van der Waals surface area contributed by atoms with Gasteiger partial charge in [0, 0.05) is 18.2 Å². The lowest BCUT2D eigenvalue weighted by Gasteiger charge is -2.13. The first kappa shape index (κ1) is 14.9. The minimum Gasteiger partial charge on any atom is -0.494 e. The Morgan fingerprint density at radius 2 is 2.35 bits per heavy atom. The van der Waals surface area contributed by atoms with Crippen LogP contribution in [-0.2, 0) is 4.79 Å². The van der Waals surface area contributed by atoms with Crippen molar-refractivity contribution in [2.75, 3.05) is 18.5 Å². The van der Waals surface area contributed by atoms with E-state index in [0.29, 0.717) is 12.5 Å². The highest BCUT2D eigenvalue weighted by molar-refractivity contribution is 5.92. The molecule has 0 saturated carbocycles. The number of carbonyl (C=O) groups is 1. The summed E-state index contributed by atoms with van der Waals surface area (Å²) in [5, 5.41) is 6.33. The first-order valence-corrected chi connectivity index (χ1v) is 7.45. The number of benzene rings is 1. The minimum absolute atomic E-state index is 0.0785. The quantitative estimate of drug-likeness (QED) is 0.840. The maximum absolute atomic E-state index is 12.0. The molecule has 1 unspecified atom stereocenters. The summed E-state index contributed by atoms with van der Waals surface area (Å²) in [5.41, 5.74) is 1.91. The molecule has 20 heavy (non-hydrogen) atoms. The Hall–Kier alpha value is -1.55. The normalized spacial score (nSPS) is 18.0. The molecule has 1 amide bonds. The van der Waals surface area contributed by atoms with Crippen molar-refractivity contribution in [2.45, 2.75) is 45.6 Å². The highest BCUT2D eigenvalue weighted by Gasteiger charge is 2.17. The van der Waals surface area contributed by atoms with E-state index in [1.54, 1.807) is 0 Å². The van der Waals surface area contributed by atoms with Crippen LogP contribution >= 0.6 is 0 Å². The Balaban J connectivity index is 1.89. The molecule has 1 aliphatic heterocycles. The van der Waals surface area contributed by atoms with Gasteiger partial charge in [-0.25, -0.2) is 0 Å². The Morgan fingerprint density at radius 1 is 1.50 bits per heavy atom. The zero-order valence-electron chi connectivity index (χ0n) is 12.4. The van der Waals surface area contributed by atoms with Crippen LogP contribution in [-0.4, -0.2) is 25.1 Å². The van der Waals surface area contributed by atoms with E-state index >= 15 is 0 Å². The van der Waals surface area contributed by atoms with Gasteiger partial charge in [-0.05, 0) is 56.5 Å². The van der Waals surface area contributed by atoms with E-state index in [2.05, 4.69) is 17.6 Å². The summed E-state index contributed by atoms with van der Waals surface area (Å²) in [6.07, 6.45) is 3.80. The van der Waals surface area contributed by atoms with E-state index in [0.717, 1.165) is 43.0 Å². The first-order chi connectivity index (χ1) is 9.69. The number of rotatable bonds is 6. The molecular formula is C16H24N2O2. The summed E-state index contributed by atoms with van der Waals surface area (Å²) in [6, 6.07) is 6.13. The standard InChI is InChI=1S/C16H24N2O2/c1-3-9-20-14-6-7-15(12(2)10-14)18-16(19)11-13-5-4-8-17-13/h6-7,10,13,17H,3-5,8-9,11H2,1-2H3,(H,18,19). The van der Waals surface area contributed by atoms with Crippen molar-refractivity contribution in [3.05, 3.63) is 23.8 Å². The van der Waals surface area contributed by atoms with Gasteiger partial charge >= 0.3 is 0 Å². The van der Waals surface area contributed by atoms with Crippen molar-refractivity contribution in [1.82, 2.24) is 5.32 Å². The van der Waals surface area contributed by atoms with Crippen LogP contribution in [0.5, 0.6) is 5.75 Å². The molecule has 1 saturated heterocycles. The van der Waals surface area contributed by atoms with Gasteiger partial charge in [0.05, 0.1) is 6.61 Å². The van der Waals surface area contributed by atoms with Crippen LogP contribution in [0, 0.1) is 6.92 Å². The average Bonchev–Trinajstić information content (AvgIpc) is 2.92. The summed E-state index contributed by atoms with van der Waals surface area (Å²) in [7, 11) is 0. The second-order valence-electron chi connectivity index (χ2n) is 5.37. The second kappa shape index (κ2) is 7.29. The Labute approximate surface area is 120 Å². The van der Waals surface area contributed by atoms with Crippen molar-refractivity contribution < 1.29 is 9.53 Å². The molecule has 2 N–H and O–H groups in total. The molecule has 110 valence electrons. The molecule has 0 aliphatic carbocycles. The summed E-state index contributed by atoms with van der Waals surface area (Å²) < 4.78 is 5.58. The first-order valence-electron chi connectivity index (χ1n) is 7.45. The average molecular weight is 276 g/mol. The lowest BCUT2D eigenvalue weighted by atomic mass is 10.1. The lowest BCUT2D eigenvalue weighted by molar-refractivity contribution is -0.116. The molecule has 1 atom stereocenters. The molecule has 1 aliphatic rings. The van der Waals surface area contributed by atoms with Crippen LogP contribution in [0.15, 0.2) is 18.2 Å². The molecule has 1 heterocycles. The summed E-state index contributed by atoms with van der Waals surface area (Å²) >= 11 is 0. The SMILES string of the molecule is CCCOc1ccc(NC(=O)CC2CCCN2)c(C)c1. The zero-order chi connectivity index (χ0) is 14.4. The van der Waals surface area contributed by atoms with E-state index in [1.165, 1.54) is 6.42 Å². The molecule has 0 spiro atoms. The number of anilines is 1. The van der Waals surface area contributed by atoms with Gasteiger partial charge < -0.3 is 15.4 Å². The van der Waals surface area contributed by atoms with Gasteiger partial charge in [-0.3, -0.25) is 4.79 Å². The van der Waals surface area contributed by atoms with Crippen molar-refractivity contribution >= 4 is 11.6 Å². The molecular weight excluding hydrogens is 252 g/mol. The van der Waals surface area contributed by atoms with Gasteiger partial charge in [-0.2, -0.15) is 0 Å². The van der Waals surface area contributed by atoms with E-state index in [9.17, 15) is 4.79 Å². The van der Waals surface area contributed by atoms with Gasteiger partial charge in [0.25, 0.3) is 0 Å². The van der Waals surface area contributed by atoms with E-state index < -0.39 is 0 Å². The Kier molecular flexibility index (Phi) is 5.41. The molecule has 0 bridgehead atoms. The van der Waals surface area contributed by atoms with E-state index in [4.69, 9.17) is 4.74 Å². The molecule has 2 rings (SSSR count). The molecule has 0 aromatic heterocycles. The fraction of sp³-hybridized carbons (Fsp3) is 0.562. The monoisotopic (exact) mass is 276 g/mol. The summed E-state index contributed by atoms with van der Waals surface area (Å²) in [5.74, 6) is 0.939. The second-order valence-corrected chi connectivity index (χ2v) is 5.37. The number of aryl methyl sites for hydroxylation is 1. The number of nitrogens with one attached hydrogen (secondary N) is 2. The van der Waals surface area contributed by atoms with Crippen LogP contribution in [0.25, 0.3) is 0 Å². The van der Waals surface area contributed by atoms with Crippen molar-refractivity contribution in [2.24, 2.45) is 0 Å². The van der Waals surface area contributed by atoms with Crippen LogP contribution in [0.2, 0.25) is 0 Å². The molecule has 0 radical (unpaired) electrons. The maximum Gasteiger partial charge on any atom is 0.225 e. The van der Waals surface area contributed by atoms with Crippen LogP contribution in [0.4, 0.5) is 5.69 Å². The van der Waals surface area contributed by atoms with Gasteiger partial charge in [-0.15, -0.1) is 0 Å². The van der Waals surface area contributed by atoms with Gasteiger partial charge in [0.1, 0.15) is 5.75 Å². The van der Waals surface area contributed by atoms with Crippen LogP contribution in [0.1, 0.15) is 38.2 Å². The summed E-state index contributed by atoms with van der Waals surface area (Å²) in [6.45, 7) is 5.82. The largest absolute Gasteiger partial charge is 0.494 e.